The zero-order valence-electron chi connectivity index (χ0n) is 13.5. The van der Waals surface area contributed by atoms with Gasteiger partial charge in [-0.3, -0.25) is 0 Å². The average Bonchev–Trinajstić information content (AvgIpc) is 2.33. The van der Waals surface area contributed by atoms with Crippen LogP contribution in [0.2, 0.25) is 0 Å². The Bertz CT molecular complexity index is 360. The molecule has 0 radical (unpaired) electrons. The van der Waals surface area contributed by atoms with E-state index in [0.29, 0.717) is 6.04 Å². The molecule has 108 valence electrons. The molecule has 0 bridgehead atoms. The van der Waals surface area contributed by atoms with Crippen LogP contribution < -0.4 is 5.32 Å². The Morgan fingerprint density at radius 2 is 1.68 bits per heavy atom. The molecule has 0 aromatic heterocycles. The topological polar surface area (TPSA) is 15.3 Å². The van der Waals surface area contributed by atoms with Crippen LogP contribution in [0.15, 0.2) is 24.3 Å². The summed E-state index contributed by atoms with van der Waals surface area (Å²) < 4.78 is 0. The summed E-state index contributed by atoms with van der Waals surface area (Å²) in [5.41, 5.74) is 3.01. The van der Waals surface area contributed by atoms with E-state index < -0.39 is 0 Å². The third-order valence-corrected chi connectivity index (χ3v) is 3.37. The van der Waals surface area contributed by atoms with Crippen LogP contribution in [-0.2, 0) is 5.41 Å². The summed E-state index contributed by atoms with van der Waals surface area (Å²) in [6, 6.07) is 9.51. The fourth-order valence-corrected chi connectivity index (χ4v) is 2.19. The van der Waals surface area contributed by atoms with Crippen LogP contribution in [0.3, 0.4) is 0 Å². The van der Waals surface area contributed by atoms with Crippen LogP contribution in [0, 0.1) is 0 Å². The summed E-state index contributed by atoms with van der Waals surface area (Å²) in [6.45, 7) is 11.1. The Hall–Kier alpha value is -0.860. The molecule has 0 spiro atoms. The van der Waals surface area contributed by atoms with E-state index >= 15 is 0 Å². The number of likely N-dealkylation sites (N-methyl/N-ethyl adjacent to an activating group) is 1. The van der Waals surface area contributed by atoms with Crippen molar-refractivity contribution in [2.75, 3.05) is 27.2 Å². The number of rotatable bonds is 6. The standard InChI is InChI=1S/C17H30N2/c1-7-12-18-16(13-19(5)6)14-8-10-15(11-9-14)17(2,3)4/h8-11,16,18H,7,12-13H2,1-6H3. The predicted octanol–water partition coefficient (Wildman–Crippen LogP) is 3.59. The quantitative estimate of drug-likeness (QED) is 0.843. The van der Waals surface area contributed by atoms with Gasteiger partial charge in [-0.1, -0.05) is 52.0 Å². The van der Waals surface area contributed by atoms with E-state index in [-0.39, 0.29) is 5.41 Å². The highest BCUT2D eigenvalue weighted by atomic mass is 15.1. The Morgan fingerprint density at radius 3 is 2.11 bits per heavy atom. The van der Waals surface area contributed by atoms with E-state index in [1.165, 1.54) is 17.5 Å². The van der Waals surface area contributed by atoms with Gasteiger partial charge in [-0.25, -0.2) is 0 Å². The van der Waals surface area contributed by atoms with Crippen molar-refractivity contribution in [1.29, 1.82) is 0 Å². The van der Waals surface area contributed by atoms with E-state index in [1.807, 2.05) is 0 Å². The van der Waals surface area contributed by atoms with Crippen molar-refractivity contribution >= 4 is 0 Å². The van der Waals surface area contributed by atoms with Gasteiger partial charge in [-0.05, 0) is 43.6 Å². The first kappa shape index (κ1) is 16.2. The van der Waals surface area contributed by atoms with Crippen molar-refractivity contribution in [3.8, 4) is 0 Å². The average molecular weight is 262 g/mol. The summed E-state index contributed by atoms with van der Waals surface area (Å²) in [6.07, 6.45) is 1.17. The smallest absolute Gasteiger partial charge is 0.0449 e. The number of benzene rings is 1. The second kappa shape index (κ2) is 7.06. The van der Waals surface area contributed by atoms with Gasteiger partial charge in [0.05, 0.1) is 0 Å². The highest BCUT2D eigenvalue weighted by Gasteiger charge is 2.15. The van der Waals surface area contributed by atoms with Crippen molar-refractivity contribution in [2.24, 2.45) is 0 Å². The number of nitrogens with one attached hydrogen (secondary N) is 1. The molecule has 1 N–H and O–H groups in total. The SMILES string of the molecule is CCCNC(CN(C)C)c1ccc(C(C)(C)C)cc1. The van der Waals surface area contributed by atoms with Crippen LogP contribution in [0.4, 0.5) is 0 Å². The van der Waals surface area contributed by atoms with Gasteiger partial charge < -0.3 is 10.2 Å². The largest absolute Gasteiger partial charge is 0.309 e. The highest BCUT2D eigenvalue weighted by molar-refractivity contribution is 5.29. The van der Waals surface area contributed by atoms with Crippen molar-refractivity contribution in [3.63, 3.8) is 0 Å². The minimum atomic E-state index is 0.229. The first-order valence-electron chi connectivity index (χ1n) is 7.33. The van der Waals surface area contributed by atoms with Gasteiger partial charge in [0, 0.05) is 12.6 Å². The molecule has 0 fully saturated rings. The molecular formula is C17H30N2. The van der Waals surface area contributed by atoms with Crippen molar-refractivity contribution in [2.45, 2.75) is 45.6 Å². The molecule has 0 amide bonds. The fourth-order valence-electron chi connectivity index (χ4n) is 2.19. The third-order valence-electron chi connectivity index (χ3n) is 3.37. The number of hydrogen-bond acceptors (Lipinski definition) is 2. The third kappa shape index (κ3) is 5.33. The van der Waals surface area contributed by atoms with Crippen LogP contribution in [-0.4, -0.2) is 32.1 Å². The van der Waals surface area contributed by atoms with Gasteiger partial charge >= 0.3 is 0 Å². The molecule has 1 rings (SSSR count). The zero-order chi connectivity index (χ0) is 14.5. The maximum atomic E-state index is 3.63. The molecule has 1 atom stereocenters. The number of hydrogen-bond donors (Lipinski definition) is 1. The maximum absolute atomic E-state index is 3.63. The van der Waals surface area contributed by atoms with Gasteiger partial charge in [-0.15, -0.1) is 0 Å². The second-order valence-electron chi connectivity index (χ2n) is 6.64. The summed E-state index contributed by atoms with van der Waals surface area (Å²) in [7, 11) is 4.26. The van der Waals surface area contributed by atoms with Crippen LogP contribution in [0.25, 0.3) is 0 Å². The Morgan fingerprint density at radius 1 is 1.11 bits per heavy atom. The Labute approximate surface area is 119 Å². The fraction of sp³-hybridized carbons (Fsp3) is 0.647. The summed E-state index contributed by atoms with van der Waals surface area (Å²) >= 11 is 0. The van der Waals surface area contributed by atoms with E-state index in [1.54, 1.807) is 0 Å². The van der Waals surface area contributed by atoms with Gasteiger partial charge in [0.25, 0.3) is 0 Å². The molecule has 1 aromatic carbocycles. The maximum Gasteiger partial charge on any atom is 0.0449 e. The zero-order valence-corrected chi connectivity index (χ0v) is 13.5. The predicted molar refractivity (Wildman–Crippen MR) is 84.7 cm³/mol. The molecule has 0 saturated heterocycles. The minimum Gasteiger partial charge on any atom is -0.309 e. The summed E-state index contributed by atoms with van der Waals surface area (Å²) in [5, 5.41) is 3.63. The monoisotopic (exact) mass is 262 g/mol. The van der Waals surface area contributed by atoms with Crippen molar-refractivity contribution in [3.05, 3.63) is 35.4 Å². The van der Waals surface area contributed by atoms with Gasteiger partial charge in [-0.2, -0.15) is 0 Å². The first-order valence-corrected chi connectivity index (χ1v) is 7.33. The van der Waals surface area contributed by atoms with Gasteiger partial charge in [0.1, 0.15) is 0 Å². The molecule has 1 aromatic rings. The van der Waals surface area contributed by atoms with Crippen LogP contribution in [0.5, 0.6) is 0 Å². The minimum absolute atomic E-state index is 0.229. The number of nitrogens with zero attached hydrogens (tertiary/aromatic N) is 1. The lowest BCUT2D eigenvalue weighted by molar-refractivity contribution is 0.342. The lowest BCUT2D eigenvalue weighted by Crippen LogP contribution is -2.31. The van der Waals surface area contributed by atoms with Gasteiger partial charge in [0.2, 0.25) is 0 Å². The Kier molecular flexibility index (Phi) is 6.02. The molecule has 0 saturated carbocycles. The molecule has 2 nitrogen and oxygen atoms in total. The van der Waals surface area contributed by atoms with E-state index in [2.05, 4.69) is 76.3 Å². The van der Waals surface area contributed by atoms with Crippen molar-refractivity contribution in [1.82, 2.24) is 10.2 Å². The first-order chi connectivity index (χ1) is 8.84. The Balaban J connectivity index is 2.84. The van der Waals surface area contributed by atoms with Gasteiger partial charge in [0.15, 0.2) is 0 Å². The molecule has 0 aliphatic heterocycles. The normalized spacial score (nSPS) is 13.8. The highest BCUT2D eigenvalue weighted by Crippen LogP contribution is 2.24. The molecule has 0 heterocycles. The molecular weight excluding hydrogens is 232 g/mol. The summed E-state index contributed by atoms with van der Waals surface area (Å²) in [5.74, 6) is 0. The lowest BCUT2D eigenvalue weighted by Gasteiger charge is -2.24. The molecule has 1 unspecified atom stereocenters. The second-order valence-corrected chi connectivity index (χ2v) is 6.64. The molecule has 0 aliphatic rings. The lowest BCUT2D eigenvalue weighted by atomic mass is 9.86. The molecule has 2 heteroatoms. The van der Waals surface area contributed by atoms with Crippen molar-refractivity contribution < 1.29 is 0 Å². The van der Waals surface area contributed by atoms with E-state index in [0.717, 1.165) is 13.1 Å². The van der Waals surface area contributed by atoms with Crippen LogP contribution in [0.1, 0.15) is 51.3 Å². The van der Waals surface area contributed by atoms with Crippen LogP contribution >= 0.6 is 0 Å². The van der Waals surface area contributed by atoms with E-state index in [4.69, 9.17) is 0 Å². The van der Waals surface area contributed by atoms with E-state index in [9.17, 15) is 0 Å². The summed E-state index contributed by atoms with van der Waals surface area (Å²) in [4.78, 5) is 2.24. The molecule has 19 heavy (non-hydrogen) atoms. The molecule has 0 aliphatic carbocycles.